The van der Waals surface area contributed by atoms with Crippen LogP contribution < -0.4 is 10.6 Å². The molecule has 8 nitrogen and oxygen atoms in total. The third-order valence-corrected chi connectivity index (χ3v) is 5.97. The number of aromatic nitrogens is 2. The zero-order chi connectivity index (χ0) is 20.1. The number of hydrogen-bond acceptors (Lipinski definition) is 8. The maximum absolute atomic E-state index is 12.2. The highest BCUT2D eigenvalue weighted by atomic mass is 79.9. The monoisotopic (exact) mass is 479 g/mol. The van der Waals surface area contributed by atoms with Crippen molar-refractivity contribution >= 4 is 67.1 Å². The van der Waals surface area contributed by atoms with Gasteiger partial charge in [-0.25, -0.2) is 0 Å². The average Bonchev–Trinajstić information content (AvgIpc) is 3.09. The number of carbonyl (C=O) groups is 1. The molecule has 0 aliphatic rings. The van der Waals surface area contributed by atoms with Gasteiger partial charge in [-0.1, -0.05) is 45.1 Å². The Morgan fingerprint density at radius 3 is 2.82 bits per heavy atom. The zero-order valence-electron chi connectivity index (χ0n) is 14.5. The van der Waals surface area contributed by atoms with Crippen molar-refractivity contribution in [2.24, 2.45) is 0 Å². The van der Waals surface area contributed by atoms with E-state index < -0.39 is 4.92 Å². The summed E-state index contributed by atoms with van der Waals surface area (Å²) in [5, 5.41) is 25.5. The molecule has 1 amide bonds. The van der Waals surface area contributed by atoms with Gasteiger partial charge in [0.2, 0.25) is 11.0 Å². The first-order valence-electron chi connectivity index (χ1n) is 7.94. The summed E-state index contributed by atoms with van der Waals surface area (Å²) in [6, 6.07) is 12.0. The van der Waals surface area contributed by atoms with Gasteiger partial charge in [0, 0.05) is 28.0 Å². The fraction of sp³-hybridized carbons (Fsp3) is 0.118. The summed E-state index contributed by atoms with van der Waals surface area (Å²) >= 11 is 6.03. The second-order valence-electron chi connectivity index (χ2n) is 5.60. The molecule has 0 saturated carbocycles. The molecule has 0 unspecified atom stereocenters. The first-order chi connectivity index (χ1) is 13.4. The van der Waals surface area contributed by atoms with Crippen LogP contribution >= 0.6 is 39.0 Å². The SMILES string of the molecule is Cc1cc([N+](=O)[O-])ccc1NC(=O)CSc1nnc(Nc2cccc(Br)c2)s1. The Hall–Kier alpha value is -2.50. The number of aryl methyl sites for hydroxylation is 1. The highest BCUT2D eigenvalue weighted by Crippen LogP contribution is 2.29. The zero-order valence-corrected chi connectivity index (χ0v) is 17.7. The fourth-order valence-electron chi connectivity index (χ4n) is 2.22. The van der Waals surface area contributed by atoms with Gasteiger partial charge in [-0.3, -0.25) is 14.9 Å². The third kappa shape index (κ3) is 5.50. The van der Waals surface area contributed by atoms with Crippen LogP contribution in [0.1, 0.15) is 5.56 Å². The van der Waals surface area contributed by atoms with Gasteiger partial charge in [0.1, 0.15) is 0 Å². The normalized spacial score (nSPS) is 10.5. The molecule has 0 bridgehead atoms. The molecule has 3 aromatic rings. The second kappa shape index (κ2) is 9.13. The van der Waals surface area contributed by atoms with E-state index in [0.29, 0.717) is 20.7 Å². The third-order valence-electron chi connectivity index (χ3n) is 3.50. The van der Waals surface area contributed by atoms with Crippen LogP contribution in [0.4, 0.5) is 22.2 Å². The molecule has 1 aromatic heterocycles. The minimum absolute atomic E-state index is 0.00999. The van der Waals surface area contributed by atoms with Gasteiger partial charge in [0.25, 0.3) is 5.69 Å². The number of amides is 1. The lowest BCUT2D eigenvalue weighted by molar-refractivity contribution is -0.384. The standard InChI is InChI=1S/C17H14BrN5O3S2/c1-10-7-13(23(25)26)5-6-14(10)20-15(24)9-27-17-22-21-16(28-17)19-12-4-2-3-11(18)8-12/h2-8H,9H2,1H3,(H,19,21)(H,20,24). The number of nitrogens with one attached hydrogen (secondary N) is 2. The molecule has 0 spiro atoms. The van der Waals surface area contributed by atoms with Crippen LogP contribution in [0.5, 0.6) is 0 Å². The van der Waals surface area contributed by atoms with E-state index in [4.69, 9.17) is 0 Å². The summed E-state index contributed by atoms with van der Waals surface area (Å²) in [6.07, 6.45) is 0. The highest BCUT2D eigenvalue weighted by molar-refractivity contribution is 9.10. The molecule has 0 aliphatic heterocycles. The molecule has 0 saturated heterocycles. The Bertz CT molecular complexity index is 1030. The summed E-state index contributed by atoms with van der Waals surface area (Å²) in [7, 11) is 0. The number of hydrogen-bond donors (Lipinski definition) is 2. The van der Waals surface area contributed by atoms with E-state index in [0.717, 1.165) is 10.2 Å². The van der Waals surface area contributed by atoms with E-state index in [9.17, 15) is 14.9 Å². The van der Waals surface area contributed by atoms with Crippen LogP contribution in [0.15, 0.2) is 51.3 Å². The number of carbonyl (C=O) groups excluding carboxylic acids is 1. The number of nitro benzene ring substituents is 1. The molecule has 144 valence electrons. The average molecular weight is 480 g/mol. The minimum atomic E-state index is -0.469. The summed E-state index contributed by atoms with van der Waals surface area (Å²) in [4.78, 5) is 22.5. The molecule has 0 radical (unpaired) electrons. The number of nitrogens with zero attached hydrogens (tertiary/aromatic N) is 3. The summed E-state index contributed by atoms with van der Waals surface area (Å²) < 4.78 is 1.61. The maximum Gasteiger partial charge on any atom is 0.269 e. The Balaban J connectivity index is 1.54. The van der Waals surface area contributed by atoms with E-state index >= 15 is 0 Å². The molecular formula is C17H14BrN5O3S2. The minimum Gasteiger partial charge on any atom is -0.330 e. The molecular weight excluding hydrogens is 466 g/mol. The van der Waals surface area contributed by atoms with E-state index in [2.05, 4.69) is 36.8 Å². The summed E-state index contributed by atoms with van der Waals surface area (Å²) in [6.45, 7) is 1.71. The number of rotatable bonds is 7. The van der Waals surface area contributed by atoms with E-state index in [1.165, 1.54) is 41.3 Å². The van der Waals surface area contributed by atoms with Gasteiger partial charge >= 0.3 is 0 Å². The largest absolute Gasteiger partial charge is 0.330 e. The Morgan fingerprint density at radius 2 is 2.11 bits per heavy atom. The molecule has 11 heteroatoms. The van der Waals surface area contributed by atoms with Crippen molar-refractivity contribution in [3.8, 4) is 0 Å². The van der Waals surface area contributed by atoms with Gasteiger partial charge in [0.15, 0.2) is 4.34 Å². The van der Waals surface area contributed by atoms with Crippen molar-refractivity contribution in [2.45, 2.75) is 11.3 Å². The topological polar surface area (TPSA) is 110 Å². The van der Waals surface area contributed by atoms with E-state index in [1.807, 2.05) is 24.3 Å². The molecule has 3 rings (SSSR count). The number of non-ortho nitro benzene ring substituents is 1. The van der Waals surface area contributed by atoms with Crippen LogP contribution in [-0.2, 0) is 4.79 Å². The first kappa shape index (κ1) is 20.2. The van der Waals surface area contributed by atoms with E-state index in [1.54, 1.807) is 6.92 Å². The quantitative estimate of drug-likeness (QED) is 0.278. The van der Waals surface area contributed by atoms with Crippen molar-refractivity contribution < 1.29 is 9.72 Å². The van der Waals surface area contributed by atoms with Gasteiger partial charge in [-0.15, -0.1) is 10.2 Å². The van der Waals surface area contributed by atoms with Gasteiger partial charge in [0.05, 0.1) is 10.7 Å². The molecule has 2 N–H and O–H groups in total. The number of halogens is 1. The summed E-state index contributed by atoms with van der Waals surface area (Å²) in [5.41, 5.74) is 2.05. The van der Waals surface area contributed by atoms with Gasteiger partial charge < -0.3 is 10.6 Å². The predicted octanol–water partition coefficient (Wildman–Crippen LogP) is 4.99. The first-order valence-corrected chi connectivity index (χ1v) is 10.5. The van der Waals surface area contributed by atoms with Gasteiger partial charge in [-0.05, 0) is 36.8 Å². The Kier molecular flexibility index (Phi) is 6.60. The number of benzene rings is 2. The molecule has 0 aliphatic carbocycles. The van der Waals surface area contributed by atoms with Crippen molar-refractivity contribution in [3.63, 3.8) is 0 Å². The predicted molar refractivity (Wildman–Crippen MR) is 115 cm³/mol. The lowest BCUT2D eigenvalue weighted by Gasteiger charge is -2.07. The molecule has 28 heavy (non-hydrogen) atoms. The summed E-state index contributed by atoms with van der Waals surface area (Å²) in [5.74, 6) is -0.0688. The number of thioether (sulfide) groups is 1. The molecule has 1 heterocycles. The Morgan fingerprint density at radius 1 is 1.29 bits per heavy atom. The van der Waals surface area contributed by atoms with Crippen LogP contribution in [-0.4, -0.2) is 26.8 Å². The molecule has 0 fully saturated rings. The van der Waals surface area contributed by atoms with Gasteiger partial charge in [-0.2, -0.15) is 0 Å². The maximum atomic E-state index is 12.2. The van der Waals surface area contributed by atoms with Crippen LogP contribution in [0, 0.1) is 17.0 Å². The van der Waals surface area contributed by atoms with Crippen molar-refractivity contribution in [2.75, 3.05) is 16.4 Å². The smallest absolute Gasteiger partial charge is 0.269 e. The second-order valence-corrected chi connectivity index (χ2v) is 8.72. The van der Waals surface area contributed by atoms with Crippen LogP contribution in [0.3, 0.4) is 0 Å². The Labute approximate surface area is 177 Å². The number of anilines is 3. The lowest BCUT2D eigenvalue weighted by Crippen LogP contribution is -2.14. The van der Waals surface area contributed by atoms with Crippen molar-refractivity contribution in [3.05, 3.63) is 62.6 Å². The van der Waals surface area contributed by atoms with Crippen molar-refractivity contribution in [1.29, 1.82) is 0 Å². The lowest BCUT2D eigenvalue weighted by atomic mass is 10.2. The molecule has 2 aromatic carbocycles. The number of nitro groups is 1. The molecule has 0 atom stereocenters. The highest BCUT2D eigenvalue weighted by Gasteiger charge is 2.12. The van der Waals surface area contributed by atoms with Crippen molar-refractivity contribution in [1.82, 2.24) is 10.2 Å². The fourth-order valence-corrected chi connectivity index (χ4v) is 4.19. The van der Waals surface area contributed by atoms with Crippen LogP contribution in [0.25, 0.3) is 0 Å². The van der Waals surface area contributed by atoms with Crippen LogP contribution in [0.2, 0.25) is 0 Å². The van der Waals surface area contributed by atoms with E-state index in [-0.39, 0.29) is 17.3 Å².